The van der Waals surface area contributed by atoms with Crippen molar-refractivity contribution in [3.05, 3.63) is 17.7 Å². The van der Waals surface area contributed by atoms with Crippen LogP contribution in [0.2, 0.25) is 0 Å². The molecule has 0 bridgehead atoms. The molecule has 2 N–H and O–H groups in total. The van der Waals surface area contributed by atoms with Crippen LogP contribution in [0.1, 0.15) is 18.0 Å². The van der Waals surface area contributed by atoms with Gasteiger partial charge in [0.15, 0.2) is 0 Å². The van der Waals surface area contributed by atoms with Crippen molar-refractivity contribution in [3.63, 3.8) is 0 Å². The monoisotopic (exact) mass is 334 g/mol. The molecule has 2 rings (SSSR count). The van der Waals surface area contributed by atoms with Crippen molar-refractivity contribution < 1.29 is 19.0 Å². The summed E-state index contributed by atoms with van der Waals surface area (Å²) in [6.45, 7) is 3.04. The maximum atomic E-state index is 13.1. The van der Waals surface area contributed by atoms with Gasteiger partial charge in [-0.25, -0.2) is 0 Å². The number of phenols is 1. The highest BCUT2D eigenvalue weighted by molar-refractivity contribution is 5.85. The predicted molar refractivity (Wildman–Crippen MR) is 86.2 cm³/mol. The normalized spacial score (nSPS) is 16.7. The summed E-state index contributed by atoms with van der Waals surface area (Å²) >= 11 is 0. The minimum Gasteiger partial charge on any atom is -0.508 e. The van der Waals surface area contributed by atoms with Crippen LogP contribution in [0.15, 0.2) is 12.1 Å². The molecule has 1 heterocycles. The molecule has 1 saturated heterocycles. The van der Waals surface area contributed by atoms with Crippen molar-refractivity contribution in [1.82, 2.24) is 10.2 Å². The van der Waals surface area contributed by atoms with Gasteiger partial charge in [0.2, 0.25) is 0 Å². The van der Waals surface area contributed by atoms with Crippen molar-refractivity contribution in [2.45, 2.75) is 12.5 Å². The molecular formula is C15H24ClFN2O3. The fourth-order valence-electron chi connectivity index (χ4n) is 2.86. The molecule has 1 aliphatic rings. The molecule has 1 fully saturated rings. The van der Waals surface area contributed by atoms with Gasteiger partial charge in [0.25, 0.3) is 0 Å². The lowest BCUT2D eigenvalue weighted by Crippen LogP contribution is -2.45. The average molecular weight is 335 g/mol. The lowest BCUT2D eigenvalue weighted by Gasteiger charge is -2.36. The number of hydrogen-bond donors (Lipinski definition) is 2. The van der Waals surface area contributed by atoms with Gasteiger partial charge >= 0.3 is 0 Å². The number of benzene rings is 1. The highest BCUT2D eigenvalue weighted by Crippen LogP contribution is 2.41. The first-order valence-corrected chi connectivity index (χ1v) is 7.16. The summed E-state index contributed by atoms with van der Waals surface area (Å²) in [7, 11) is 3.09. The number of piperazine rings is 1. The van der Waals surface area contributed by atoms with Crippen LogP contribution < -0.4 is 14.8 Å². The molecule has 0 aromatic heterocycles. The molecular weight excluding hydrogens is 311 g/mol. The lowest BCUT2D eigenvalue weighted by molar-refractivity contribution is 0.152. The second-order valence-corrected chi connectivity index (χ2v) is 5.04. The minimum atomic E-state index is -0.415. The molecule has 5 nitrogen and oxygen atoms in total. The Morgan fingerprint density at radius 2 is 1.77 bits per heavy atom. The van der Waals surface area contributed by atoms with Crippen LogP contribution in [0.4, 0.5) is 4.39 Å². The van der Waals surface area contributed by atoms with Gasteiger partial charge in [0.1, 0.15) is 17.2 Å². The van der Waals surface area contributed by atoms with Crippen LogP contribution in [0.25, 0.3) is 0 Å². The molecule has 1 aromatic carbocycles. The van der Waals surface area contributed by atoms with Crippen molar-refractivity contribution in [3.8, 4) is 17.2 Å². The fraction of sp³-hybridized carbons (Fsp3) is 0.600. The third kappa shape index (κ3) is 4.15. The predicted octanol–water partition coefficient (Wildman–Crippen LogP) is 2.14. The molecule has 0 aliphatic carbocycles. The second kappa shape index (κ2) is 9.02. The van der Waals surface area contributed by atoms with E-state index in [1.165, 1.54) is 0 Å². The quantitative estimate of drug-likeness (QED) is 0.834. The number of methoxy groups -OCH3 is 2. The first-order chi connectivity index (χ1) is 10.2. The van der Waals surface area contributed by atoms with Gasteiger partial charge < -0.3 is 19.9 Å². The summed E-state index contributed by atoms with van der Waals surface area (Å²) in [6, 6.07) is 2.97. The SMILES string of the molecule is COc1cc(O)cc(OC)c1[C@@H](CCF)N1CCNCC1.Cl. The van der Waals surface area contributed by atoms with Crippen molar-refractivity contribution in [2.75, 3.05) is 47.1 Å². The third-order valence-corrected chi connectivity index (χ3v) is 3.84. The van der Waals surface area contributed by atoms with Gasteiger partial charge in [-0.3, -0.25) is 9.29 Å². The number of phenolic OH excluding ortho intramolecular Hbond substituents is 1. The zero-order valence-electron chi connectivity index (χ0n) is 13.0. The second-order valence-electron chi connectivity index (χ2n) is 5.04. The molecule has 1 atom stereocenters. The Morgan fingerprint density at radius 1 is 1.23 bits per heavy atom. The van der Waals surface area contributed by atoms with Gasteiger partial charge in [0.05, 0.1) is 26.5 Å². The largest absolute Gasteiger partial charge is 0.508 e. The molecule has 1 aliphatic heterocycles. The molecule has 126 valence electrons. The van der Waals surface area contributed by atoms with Crippen LogP contribution in [-0.2, 0) is 0 Å². The first-order valence-electron chi connectivity index (χ1n) is 7.16. The number of hydrogen-bond acceptors (Lipinski definition) is 5. The molecule has 7 heteroatoms. The van der Waals surface area contributed by atoms with E-state index < -0.39 is 6.67 Å². The number of rotatable bonds is 6. The Balaban J connectivity index is 0.00000242. The van der Waals surface area contributed by atoms with Crippen molar-refractivity contribution in [1.29, 1.82) is 0 Å². The Bertz CT molecular complexity index is 445. The minimum absolute atomic E-state index is 0. The number of nitrogens with one attached hydrogen (secondary N) is 1. The average Bonchev–Trinajstić information content (AvgIpc) is 2.53. The van der Waals surface area contributed by atoms with E-state index in [-0.39, 0.29) is 24.2 Å². The van der Waals surface area contributed by atoms with Gasteiger partial charge in [0, 0.05) is 44.4 Å². The van der Waals surface area contributed by atoms with Crippen LogP contribution in [0.5, 0.6) is 17.2 Å². The molecule has 0 radical (unpaired) electrons. The van der Waals surface area contributed by atoms with Gasteiger partial charge in [-0.2, -0.15) is 0 Å². The zero-order valence-corrected chi connectivity index (χ0v) is 13.8. The molecule has 0 unspecified atom stereocenters. The Kier molecular flexibility index (Phi) is 7.72. The molecule has 22 heavy (non-hydrogen) atoms. The van der Waals surface area contributed by atoms with E-state index >= 15 is 0 Å². The first kappa shape index (κ1) is 18.8. The third-order valence-electron chi connectivity index (χ3n) is 3.84. The highest BCUT2D eigenvalue weighted by atomic mass is 35.5. The summed E-state index contributed by atoms with van der Waals surface area (Å²) in [4.78, 5) is 2.23. The summed E-state index contributed by atoms with van der Waals surface area (Å²) in [6.07, 6.45) is 0.373. The maximum Gasteiger partial charge on any atom is 0.131 e. The van der Waals surface area contributed by atoms with Crippen molar-refractivity contribution >= 4 is 12.4 Å². The van der Waals surface area contributed by atoms with Crippen molar-refractivity contribution in [2.24, 2.45) is 0 Å². The number of aromatic hydroxyl groups is 1. The number of halogens is 2. The molecule has 1 aromatic rings. The van der Waals surface area contributed by atoms with Crippen LogP contribution in [0.3, 0.4) is 0 Å². The number of ether oxygens (including phenoxy) is 2. The lowest BCUT2D eigenvalue weighted by atomic mass is 9.99. The zero-order chi connectivity index (χ0) is 15.2. The van der Waals surface area contributed by atoms with Gasteiger partial charge in [-0.05, 0) is 6.42 Å². The van der Waals surface area contributed by atoms with E-state index in [4.69, 9.17) is 9.47 Å². The van der Waals surface area contributed by atoms with Gasteiger partial charge in [-0.15, -0.1) is 12.4 Å². The fourth-order valence-corrected chi connectivity index (χ4v) is 2.86. The highest BCUT2D eigenvalue weighted by Gasteiger charge is 2.28. The van der Waals surface area contributed by atoms with Crippen LogP contribution >= 0.6 is 12.4 Å². The maximum absolute atomic E-state index is 13.1. The summed E-state index contributed by atoms with van der Waals surface area (Å²) in [5.74, 6) is 1.14. The molecule has 0 spiro atoms. The molecule has 0 amide bonds. The van der Waals surface area contributed by atoms with Crippen LogP contribution in [0, 0.1) is 0 Å². The van der Waals surface area contributed by atoms with Gasteiger partial charge in [-0.1, -0.05) is 0 Å². The van der Waals surface area contributed by atoms with Crippen LogP contribution in [-0.4, -0.2) is 57.1 Å². The van der Waals surface area contributed by atoms with E-state index in [1.54, 1.807) is 26.4 Å². The van der Waals surface area contributed by atoms with E-state index in [0.717, 1.165) is 31.7 Å². The standard InChI is InChI=1S/C15H23FN2O3.ClH/c1-20-13-9-11(19)10-14(21-2)15(13)12(3-4-16)18-7-5-17-6-8-18;/h9-10,12,17,19H,3-8H2,1-2H3;1H/t12-;/m1./s1. The topological polar surface area (TPSA) is 54.0 Å². The number of alkyl halides is 1. The van der Waals surface area contributed by atoms with E-state index in [1.807, 2.05) is 0 Å². The Morgan fingerprint density at radius 3 is 2.23 bits per heavy atom. The molecule has 0 saturated carbocycles. The summed E-state index contributed by atoms with van der Waals surface area (Å²) in [5, 5.41) is 13.0. The Labute approximate surface area is 136 Å². The number of nitrogens with zero attached hydrogens (tertiary/aromatic N) is 1. The van der Waals surface area contributed by atoms with E-state index in [9.17, 15) is 9.50 Å². The van der Waals surface area contributed by atoms with E-state index in [2.05, 4.69) is 10.2 Å². The summed E-state index contributed by atoms with van der Waals surface area (Å²) in [5.41, 5.74) is 0.803. The Hall–Kier alpha value is -1.24. The summed E-state index contributed by atoms with van der Waals surface area (Å²) < 4.78 is 23.8. The smallest absolute Gasteiger partial charge is 0.131 e. The van der Waals surface area contributed by atoms with E-state index in [0.29, 0.717) is 17.9 Å².